The Morgan fingerprint density at radius 2 is 0.481 bits per heavy atom. The quantitative estimate of drug-likeness (QED) is 0.0261. The molecule has 0 aliphatic heterocycles. The van der Waals surface area contributed by atoms with Crippen molar-refractivity contribution in [1.82, 2.24) is 0 Å². The fourth-order valence-electron chi connectivity index (χ4n) is 10.4. The van der Waals surface area contributed by atoms with E-state index in [1.165, 1.54) is 231 Å². The maximum Gasteiger partial charge on any atom is 0.306 e. The van der Waals surface area contributed by atoms with E-state index in [1.54, 1.807) is 0 Å². The molecule has 0 radical (unpaired) electrons. The predicted octanol–water partition coefficient (Wildman–Crippen LogP) is 24.4. The number of rotatable bonds is 65. The number of unbranched alkanes of at least 4 members (excludes halogenated alkanes) is 42. The maximum absolute atomic E-state index is 12.9. The van der Waals surface area contributed by atoms with Gasteiger partial charge in [0.25, 0.3) is 0 Å². The van der Waals surface area contributed by atoms with Crippen LogP contribution in [0, 0.1) is 0 Å². The first kappa shape index (κ1) is 77.9. The number of carbonyl (C=O) groups is 3. The van der Waals surface area contributed by atoms with Gasteiger partial charge in [-0.2, -0.15) is 0 Å². The third kappa shape index (κ3) is 67.5. The Hall–Kier alpha value is -3.15. The smallest absolute Gasteiger partial charge is 0.306 e. The van der Waals surface area contributed by atoms with Crippen LogP contribution in [0.15, 0.2) is 72.9 Å². The summed E-state index contributed by atoms with van der Waals surface area (Å²) in [6.07, 6.45) is 90.8. The highest BCUT2D eigenvalue weighted by molar-refractivity contribution is 5.71. The Bertz CT molecular complexity index is 1490. The molecule has 6 heteroatoms. The Kier molecular flexibility index (Phi) is 66.6. The lowest BCUT2D eigenvalue weighted by Crippen LogP contribution is -2.30. The average Bonchev–Trinajstić information content (AvgIpc) is 3.47. The van der Waals surface area contributed by atoms with E-state index in [9.17, 15) is 14.4 Å². The minimum absolute atomic E-state index is 0.0846. The van der Waals surface area contributed by atoms with Crippen LogP contribution in [0.25, 0.3) is 0 Å². The summed E-state index contributed by atoms with van der Waals surface area (Å²) in [6.45, 7) is 6.56. The van der Waals surface area contributed by atoms with E-state index in [1.807, 2.05) is 0 Å². The fraction of sp³-hybridized carbons (Fsp3) is 0.800. The average molecular weight is 1130 g/mol. The SMILES string of the molecule is CC/C=C\C/C=C\C/C=C\C/C=C\C/C=C\CCCCCC(=O)OC(COC(=O)CCCCCCCCCCCCCCCCC)COC(=O)CCCCCCCCCCCCCCCCCCC/C=C\CCCCCCCCCC. The summed E-state index contributed by atoms with van der Waals surface area (Å²) in [4.78, 5) is 38.4. The van der Waals surface area contributed by atoms with Gasteiger partial charge in [0.1, 0.15) is 13.2 Å². The van der Waals surface area contributed by atoms with E-state index in [2.05, 4.69) is 93.7 Å². The zero-order valence-electron chi connectivity index (χ0n) is 54.1. The van der Waals surface area contributed by atoms with Crippen molar-refractivity contribution in [1.29, 1.82) is 0 Å². The van der Waals surface area contributed by atoms with Crippen LogP contribution in [-0.2, 0) is 28.6 Å². The van der Waals surface area contributed by atoms with Gasteiger partial charge in [0, 0.05) is 19.3 Å². The number of hydrogen-bond donors (Lipinski definition) is 0. The van der Waals surface area contributed by atoms with Crippen molar-refractivity contribution in [3.63, 3.8) is 0 Å². The van der Waals surface area contributed by atoms with Gasteiger partial charge in [0.15, 0.2) is 6.10 Å². The number of allylic oxidation sites excluding steroid dienone is 12. The number of ether oxygens (including phenoxy) is 3. The van der Waals surface area contributed by atoms with Crippen LogP contribution in [0.5, 0.6) is 0 Å². The van der Waals surface area contributed by atoms with Crippen LogP contribution < -0.4 is 0 Å². The minimum atomic E-state index is -0.792. The molecule has 0 aromatic heterocycles. The van der Waals surface area contributed by atoms with Crippen molar-refractivity contribution >= 4 is 17.9 Å². The van der Waals surface area contributed by atoms with Crippen molar-refractivity contribution in [2.24, 2.45) is 0 Å². The van der Waals surface area contributed by atoms with Gasteiger partial charge in [-0.05, 0) is 89.9 Å². The highest BCUT2D eigenvalue weighted by Gasteiger charge is 2.19. The molecule has 1 unspecified atom stereocenters. The molecule has 0 aliphatic rings. The molecular weight excluding hydrogens is 997 g/mol. The Morgan fingerprint density at radius 1 is 0.259 bits per heavy atom. The van der Waals surface area contributed by atoms with Gasteiger partial charge in [-0.1, -0.05) is 331 Å². The molecule has 0 aliphatic carbocycles. The zero-order chi connectivity index (χ0) is 58.5. The molecule has 0 saturated heterocycles. The van der Waals surface area contributed by atoms with Crippen LogP contribution >= 0.6 is 0 Å². The molecule has 81 heavy (non-hydrogen) atoms. The lowest BCUT2D eigenvalue weighted by Gasteiger charge is -2.18. The second-order valence-electron chi connectivity index (χ2n) is 23.8. The number of carbonyl (C=O) groups excluding carboxylic acids is 3. The molecule has 0 aromatic carbocycles. The maximum atomic E-state index is 12.9. The van der Waals surface area contributed by atoms with Crippen molar-refractivity contribution in [2.75, 3.05) is 13.2 Å². The van der Waals surface area contributed by atoms with E-state index < -0.39 is 6.10 Å². The Balaban J connectivity index is 4.27. The molecule has 0 heterocycles. The van der Waals surface area contributed by atoms with Gasteiger partial charge in [-0.3, -0.25) is 14.4 Å². The molecule has 0 spiro atoms. The molecule has 0 rings (SSSR count). The summed E-state index contributed by atoms with van der Waals surface area (Å²) in [5.74, 6) is -0.895. The van der Waals surface area contributed by atoms with E-state index in [4.69, 9.17) is 14.2 Å². The zero-order valence-corrected chi connectivity index (χ0v) is 54.1. The van der Waals surface area contributed by atoms with Crippen molar-refractivity contribution in [3.05, 3.63) is 72.9 Å². The minimum Gasteiger partial charge on any atom is -0.462 e. The molecule has 0 fully saturated rings. The number of esters is 3. The lowest BCUT2D eigenvalue weighted by atomic mass is 10.0. The normalized spacial score (nSPS) is 12.5. The highest BCUT2D eigenvalue weighted by Crippen LogP contribution is 2.18. The third-order valence-corrected chi connectivity index (χ3v) is 15.7. The van der Waals surface area contributed by atoms with Crippen LogP contribution in [-0.4, -0.2) is 37.2 Å². The Labute approximate surface area is 503 Å². The summed E-state index contributed by atoms with van der Waals surface area (Å²) >= 11 is 0. The molecular formula is C75H134O6. The molecule has 0 amide bonds. The van der Waals surface area contributed by atoms with Gasteiger partial charge in [0.05, 0.1) is 0 Å². The summed E-state index contributed by atoms with van der Waals surface area (Å²) in [6, 6.07) is 0. The largest absolute Gasteiger partial charge is 0.462 e. The van der Waals surface area contributed by atoms with Crippen molar-refractivity contribution in [2.45, 2.75) is 374 Å². The second kappa shape index (κ2) is 69.3. The van der Waals surface area contributed by atoms with Crippen LogP contribution in [0.2, 0.25) is 0 Å². The molecule has 470 valence electrons. The first-order valence-electron chi connectivity index (χ1n) is 35.4. The number of hydrogen-bond acceptors (Lipinski definition) is 6. The fourth-order valence-corrected chi connectivity index (χ4v) is 10.4. The first-order chi connectivity index (χ1) is 40.0. The molecule has 1 atom stereocenters. The molecule has 0 aromatic rings. The monoisotopic (exact) mass is 1130 g/mol. The van der Waals surface area contributed by atoms with E-state index >= 15 is 0 Å². The van der Waals surface area contributed by atoms with Crippen LogP contribution in [0.4, 0.5) is 0 Å². The van der Waals surface area contributed by atoms with E-state index in [0.29, 0.717) is 19.3 Å². The topological polar surface area (TPSA) is 78.9 Å². The second-order valence-corrected chi connectivity index (χ2v) is 23.8. The van der Waals surface area contributed by atoms with Gasteiger partial charge in [-0.15, -0.1) is 0 Å². The summed E-state index contributed by atoms with van der Waals surface area (Å²) < 4.78 is 17.0. The molecule has 0 saturated carbocycles. The lowest BCUT2D eigenvalue weighted by molar-refractivity contribution is -0.167. The summed E-state index contributed by atoms with van der Waals surface area (Å²) in [7, 11) is 0. The van der Waals surface area contributed by atoms with Gasteiger partial charge in [-0.25, -0.2) is 0 Å². The summed E-state index contributed by atoms with van der Waals surface area (Å²) in [5.41, 5.74) is 0. The predicted molar refractivity (Wildman–Crippen MR) is 353 cm³/mol. The molecule has 0 N–H and O–H groups in total. The van der Waals surface area contributed by atoms with Crippen molar-refractivity contribution < 1.29 is 28.6 Å². The van der Waals surface area contributed by atoms with Gasteiger partial charge >= 0.3 is 17.9 Å². The van der Waals surface area contributed by atoms with E-state index in [-0.39, 0.29) is 31.1 Å². The van der Waals surface area contributed by atoms with Crippen LogP contribution in [0.3, 0.4) is 0 Å². The standard InChI is InChI=1S/C75H134O6/c1-4-7-10-13-16-19-22-25-28-30-32-33-34-35-36-37-38-39-40-41-43-44-47-50-53-56-59-62-65-68-74(77)80-71-72(70-79-73(76)67-64-61-58-55-52-49-46-27-24-21-18-15-12-9-6-3)81-75(78)69-66-63-60-57-54-51-48-45-42-31-29-26-23-20-17-14-11-8-5-2/h8,11,17,20,26,29-30,32,42,45,51,54,72H,4-7,9-10,12-16,18-19,21-25,27-28,31,33-41,43-44,46-50,52-53,55-71H2,1-3H3/b11-8-,20-17-,29-26-,32-30-,45-42-,54-51-. The Morgan fingerprint density at radius 3 is 0.778 bits per heavy atom. The van der Waals surface area contributed by atoms with Gasteiger partial charge < -0.3 is 14.2 Å². The molecule has 6 nitrogen and oxygen atoms in total. The van der Waals surface area contributed by atoms with Crippen LogP contribution in [0.1, 0.15) is 367 Å². The summed E-state index contributed by atoms with van der Waals surface area (Å²) in [5, 5.41) is 0. The highest BCUT2D eigenvalue weighted by atomic mass is 16.6. The molecule has 0 bridgehead atoms. The first-order valence-corrected chi connectivity index (χ1v) is 35.4. The third-order valence-electron chi connectivity index (χ3n) is 15.7. The van der Waals surface area contributed by atoms with E-state index in [0.717, 1.165) is 96.3 Å². The van der Waals surface area contributed by atoms with Crippen molar-refractivity contribution in [3.8, 4) is 0 Å². The van der Waals surface area contributed by atoms with Gasteiger partial charge in [0.2, 0.25) is 0 Å².